The van der Waals surface area contributed by atoms with Crippen LogP contribution in [0.15, 0.2) is 48.5 Å². The normalized spacial score (nSPS) is 10.3. The molecule has 0 saturated heterocycles. The van der Waals surface area contributed by atoms with Crippen molar-refractivity contribution in [2.75, 3.05) is 11.9 Å². The number of nitrogens with one attached hydrogen (secondary N) is 1. The molecule has 2 rings (SSSR count). The molecule has 0 aliphatic rings. The zero-order valence-corrected chi connectivity index (χ0v) is 14.5. The predicted octanol–water partition coefficient (Wildman–Crippen LogP) is 3.68. The van der Waals surface area contributed by atoms with Crippen molar-refractivity contribution >= 4 is 17.5 Å². The molecule has 0 bridgehead atoms. The molecule has 0 spiro atoms. The maximum absolute atomic E-state index is 12.1. The van der Waals surface area contributed by atoms with Crippen molar-refractivity contribution in [1.82, 2.24) is 4.90 Å². The van der Waals surface area contributed by atoms with Gasteiger partial charge in [-0.3, -0.25) is 9.59 Å². The summed E-state index contributed by atoms with van der Waals surface area (Å²) in [5.41, 5.74) is 4.18. The first kappa shape index (κ1) is 17.7. The van der Waals surface area contributed by atoms with Gasteiger partial charge in [0.05, 0.1) is 0 Å². The highest BCUT2D eigenvalue weighted by atomic mass is 16.2. The molecular weight excluding hydrogens is 300 g/mol. The van der Waals surface area contributed by atoms with Crippen LogP contribution < -0.4 is 5.32 Å². The molecule has 0 aliphatic heterocycles. The van der Waals surface area contributed by atoms with Gasteiger partial charge >= 0.3 is 0 Å². The molecule has 126 valence electrons. The lowest BCUT2D eigenvalue weighted by molar-refractivity contribution is -0.129. The second-order valence-electron chi connectivity index (χ2n) is 6.02. The molecule has 0 radical (unpaired) electrons. The fraction of sp³-hybridized carbons (Fsp3) is 0.300. The van der Waals surface area contributed by atoms with Gasteiger partial charge in [-0.15, -0.1) is 0 Å². The summed E-state index contributed by atoms with van der Waals surface area (Å²) >= 11 is 0. The number of hydrogen-bond acceptors (Lipinski definition) is 2. The Kier molecular flexibility index (Phi) is 6.13. The summed E-state index contributed by atoms with van der Waals surface area (Å²) < 4.78 is 0. The van der Waals surface area contributed by atoms with Crippen LogP contribution in [0, 0.1) is 13.8 Å². The van der Waals surface area contributed by atoms with E-state index >= 15 is 0 Å². The third-order valence-corrected chi connectivity index (χ3v) is 4.06. The van der Waals surface area contributed by atoms with Crippen LogP contribution in [0.25, 0.3) is 0 Å². The van der Waals surface area contributed by atoms with E-state index in [0.29, 0.717) is 13.1 Å². The highest BCUT2D eigenvalue weighted by Crippen LogP contribution is 2.14. The summed E-state index contributed by atoms with van der Waals surface area (Å²) in [5.74, 6) is -0.115. The van der Waals surface area contributed by atoms with E-state index in [0.717, 1.165) is 16.8 Å². The molecule has 0 atom stereocenters. The Morgan fingerprint density at radius 1 is 1.00 bits per heavy atom. The first-order chi connectivity index (χ1) is 11.5. The number of aryl methyl sites for hydroxylation is 2. The first-order valence-corrected chi connectivity index (χ1v) is 8.12. The summed E-state index contributed by atoms with van der Waals surface area (Å²) in [4.78, 5) is 25.6. The molecule has 2 aromatic carbocycles. The zero-order valence-electron chi connectivity index (χ0n) is 14.5. The van der Waals surface area contributed by atoms with E-state index in [9.17, 15) is 9.59 Å². The molecule has 0 unspecified atom stereocenters. The van der Waals surface area contributed by atoms with Crippen LogP contribution in [0.2, 0.25) is 0 Å². The molecular formula is C20H24N2O2. The lowest BCUT2D eigenvalue weighted by Crippen LogP contribution is -2.31. The average molecular weight is 324 g/mol. The Morgan fingerprint density at radius 3 is 2.33 bits per heavy atom. The lowest BCUT2D eigenvalue weighted by atomic mass is 10.1. The molecule has 24 heavy (non-hydrogen) atoms. The molecule has 0 heterocycles. The van der Waals surface area contributed by atoms with Crippen LogP contribution in [0.5, 0.6) is 0 Å². The molecule has 4 heteroatoms. The molecule has 0 fully saturated rings. The van der Waals surface area contributed by atoms with Crippen molar-refractivity contribution in [3.05, 3.63) is 65.2 Å². The summed E-state index contributed by atoms with van der Waals surface area (Å²) in [6.45, 7) is 6.51. The van der Waals surface area contributed by atoms with Gasteiger partial charge in [0.15, 0.2) is 0 Å². The maximum atomic E-state index is 12.1. The van der Waals surface area contributed by atoms with Crippen LogP contribution in [0.4, 0.5) is 5.69 Å². The van der Waals surface area contributed by atoms with E-state index in [-0.39, 0.29) is 18.2 Å². The fourth-order valence-corrected chi connectivity index (χ4v) is 2.43. The minimum absolute atomic E-state index is 0.0298. The fourth-order valence-electron chi connectivity index (χ4n) is 2.43. The number of rotatable bonds is 6. The standard InChI is InChI=1S/C20H24N2O2/c1-15-9-10-19(13-16(15)2)21-20(24)11-12-22(17(3)23)14-18-7-5-4-6-8-18/h4-10,13H,11-12,14H2,1-3H3,(H,21,24). The van der Waals surface area contributed by atoms with Gasteiger partial charge in [0.1, 0.15) is 0 Å². The summed E-state index contributed by atoms with van der Waals surface area (Å²) in [6.07, 6.45) is 0.277. The monoisotopic (exact) mass is 324 g/mol. The van der Waals surface area contributed by atoms with Crippen LogP contribution in [-0.2, 0) is 16.1 Å². The van der Waals surface area contributed by atoms with E-state index in [1.165, 1.54) is 12.5 Å². The van der Waals surface area contributed by atoms with Gasteiger partial charge < -0.3 is 10.2 Å². The summed E-state index contributed by atoms with van der Waals surface area (Å²) in [6, 6.07) is 15.6. The van der Waals surface area contributed by atoms with Crippen molar-refractivity contribution < 1.29 is 9.59 Å². The van der Waals surface area contributed by atoms with Gasteiger partial charge in [0, 0.05) is 32.1 Å². The summed E-state index contributed by atoms with van der Waals surface area (Å²) in [5, 5.41) is 2.89. The Bertz CT molecular complexity index is 711. The van der Waals surface area contributed by atoms with E-state index in [1.54, 1.807) is 4.90 Å². The number of nitrogens with zero attached hydrogens (tertiary/aromatic N) is 1. The van der Waals surface area contributed by atoms with Crippen LogP contribution in [0.3, 0.4) is 0 Å². The molecule has 4 nitrogen and oxygen atoms in total. The smallest absolute Gasteiger partial charge is 0.226 e. The quantitative estimate of drug-likeness (QED) is 0.881. The van der Waals surface area contributed by atoms with E-state index in [2.05, 4.69) is 5.32 Å². The van der Waals surface area contributed by atoms with Gasteiger partial charge in [-0.2, -0.15) is 0 Å². The highest BCUT2D eigenvalue weighted by molar-refractivity contribution is 5.91. The second-order valence-corrected chi connectivity index (χ2v) is 6.02. The first-order valence-electron chi connectivity index (χ1n) is 8.12. The van der Waals surface area contributed by atoms with Crippen molar-refractivity contribution in [2.45, 2.75) is 33.7 Å². The molecule has 0 aliphatic carbocycles. The van der Waals surface area contributed by atoms with Gasteiger partial charge in [-0.25, -0.2) is 0 Å². The number of benzene rings is 2. The minimum atomic E-state index is -0.0856. The number of carbonyl (C=O) groups excluding carboxylic acids is 2. The number of amides is 2. The van der Waals surface area contributed by atoms with E-state index in [4.69, 9.17) is 0 Å². The predicted molar refractivity (Wildman–Crippen MR) is 96.7 cm³/mol. The summed E-state index contributed by atoms with van der Waals surface area (Å²) in [7, 11) is 0. The van der Waals surface area contributed by atoms with Crippen LogP contribution in [0.1, 0.15) is 30.0 Å². The Labute approximate surface area is 143 Å². The Hall–Kier alpha value is -2.62. The third kappa shape index (κ3) is 5.23. The molecule has 1 N–H and O–H groups in total. The van der Waals surface area contributed by atoms with Gasteiger partial charge in [-0.05, 0) is 42.7 Å². The SMILES string of the molecule is CC(=O)N(CCC(=O)Nc1ccc(C)c(C)c1)Cc1ccccc1. The molecule has 2 amide bonds. The largest absolute Gasteiger partial charge is 0.338 e. The van der Waals surface area contributed by atoms with Crippen molar-refractivity contribution in [1.29, 1.82) is 0 Å². The average Bonchev–Trinajstić information content (AvgIpc) is 2.55. The van der Waals surface area contributed by atoms with Gasteiger partial charge in [0.2, 0.25) is 11.8 Å². The maximum Gasteiger partial charge on any atom is 0.226 e. The molecule has 0 saturated carbocycles. The Balaban J connectivity index is 1.90. The highest BCUT2D eigenvalue weighted by Gasteiger charge is 2.12. The van der Waals surface area contributed by atoms with Crippen molar-refractivity contribution in [3.63, 3.8) is 0 Å². The van der Waals surface area contributed by atoms with Crippen molar-refractivity contribution in [2.24, 2.45) is 0 Å². The van der Waals surface area contributed by atoms with Crippen LogP contribution in [-0.4, -0.2) is 23.3 Å². The second kappa shape index (κ2) is 8.29. The van der Waals surface area contributed by atoms with Crippen LogP contribution >= 0.6 is 0 Å². The van der Waals surface area contributed by atoms with Gasteiger partial charge in [-0.1, -0.05) is 36.4 Å². The van der Waals surface area contributed by atoms with E-state index < -0.39 is 0 Å². The van der Waals surface area contributed by atoms with E-state index in [1.807, 2.05) is 62.4 Å². The van der Waals surface area contributed by atoms with Crippen molar-refractivity contribution in [3.8, 4) is 0 Å². The number of hydrogen-bond donors (Lipinski definition) is 1. The number of anilines is 1. The zero-order chi connectivity index (χ0) is 17.5. The number of carbonyl (C=O) groups is 2. The van der Waals surface area contributed by atoms with Gasteiger partial charge in [0.25, 0.3) is 0 Å². The minimum Gasteiger partial charge on any atom is -0.338 e. The lowest BCUT2D eigenvalue weighted by Gasteiger charge is -2.21. The Morgan fingerprint density at radius 2 is 1.71 bits per heavy atom. The topological polar surface area (TPSA) is 49.4 Å². The molecule has 0 aromatic heterocycles. The third-order valence-electron chi connectivity index (χ3n) is 4.06. The molecule has 2 aromatic rings.